The molecule has 63 heavy (non-hydrogen) atoms. The van der Waals surface area contributed by atoms with E-state index in [1.807, 2.05) is 24.4 Å². The number of hydrogen-bond donors (Lipinski definition) is 0. The summed E-state index contributed by atoms with van der Waals surface area (Å²) in [6.07, 6.45) is 1.89. The van der Waals surface area contributed by atoms with E-state index < -0.39 is 5.41 Å². The summed E-state index contributed by atoms with van der Waals surface area (Å²) in [5, 5.41) is 2.31. The highest BCUT2D eigenvalue weighted by atomic mass is 16.5. The van der Waals surface area contributed by atoms with Crippen molar-refractivity contribution in [3.8, 4) is 44.9 Å². The lowest BCUT2D eigenvalue weighted by Crippen LogP contribution is -2.29. The monoisotopic (exact) mass is 805 g/mol. The minimum atomic E-state index is -0.625. The summed E-state index contributed by atoms with van der Waals surface area (Å²) in [6.45, 7) is 0. The van der Waals surface area contributed by atoms with Gasteiger partial charge in [-0.05, 0) is 108 Å². The molecule has 0 radical (unpaired) electrons. The number of nitrogens with zero attached hydrogens (tertiary/aromatic N) is 3. The molecule has 1 aromatic heterocycles. The van der Waals surface area contributed by atoms with Crippen LogP contribution in [0.4, 0.5) is 22.7 Å². The van der Waals surface area contributed by atoms with E-state index >= 15 is 0 Å². The predicted molar refractivity (Wildman–Crippen MR) is 257 cm³/mol. The molecular weight excluding hydrogens is 767 g/mol. The molecule has 12 rings (SSSR count). The molecule has 0 fully saturated rings. The number of para-hydroxylation sites is 1. The molecule has 1 aliphatic carbocycles. The lowest BCUT2D eigenvalue weighted by atomic mass is 9.70. The first-order valence-electron chi connectivity index (χ1n) is 21.4. The van der Waals surface area contributed by atoms with Crippen molar-refractivity contribution >= 4 is 39.5 Å². The Kier molecular flexibility index (Phi) is 8.63. The lowest BCUT2D eigenvalue weighted by molar-refractivity contribution is 0.481. The topological polar surface area (TPSA) is 28.1 Å². The van der Waals surface area contributed by atoms with E-state index in [0.717, 1.165) is 78.5 Å². The maximum atomic E-state index is 6.87. The van der Waals surface area contributed by atoms with Gasteiger partial charge in [0.15, 0.2) is 0 Å². The van der Waals surface area contributed by atoms with Crippen molar-refractivity contribution < 1.29 is 4.74 Å². The number of fused-ring (bicyclic) bond motifs is 6. The van der Waals surface area contributed by atoms with Gasteiger partial charge in [0.1, 0.15) is 11.5 Å². The van der Waals surface area contributed by atoms with Crippen molar-refractivity contribution in [1.29, 1.82) is 0 Å². The van der Waals surface area contributed by atoms with E-state index in [2.05, 4.69) is 227 Å². The molecular formula is C59H39N3O+2. The molecule has 9 aromatic carbocycles. The van der Waals surface area contributed by atoms with Crippen LogP contribution >= 0.6 is 0 Å². The quantitative estimate of drug-likeness (QED) is 0.143. The van der Waals surface area contributed by atoms with Gasteiger partial charge in [-0.25, -0.2) is 0 Å². The number of ether oxygens (including phenoxy) is 1. The Labute approximate surface area is 366 Å². The number of aromatic nitrogens is 1. The summed E-state index contributed by atoms with van der Waals surface area (Å²) in [5.41, 5.74) is 14.9. The van der Waals surface area contributed by atoms with Crippen LogP contribution in [0.5, 0.6) is 11.5 Å². The molecule has 0 bridgehead atoms. The molecule has 0 spiro atoms. The van der Waals surface area contributed by atoms with Crippen molar-refractivity contribution in [3.05, 3.63) is 259 Å². The average molecular weight is 806 g/mol. The van der Waals surface area contributed by atoms with E-state index in [9.17, 15) is 0 Å². The smallest absolute Gasteiger partial charge is 0.457 e. The molecule has 2 aliphatic rings. The molecule has 1 aliphatic heterocycles. The van der Waals surface area contributed by atoms with Crippen molar-refractivity contribution in [1.82, 2.24) is 14.1 Å². The van der Waals surface area contributed by atoms with Crippen LogP contribution in [0.1, 0.15) is 22.4 Å². The fourth-order valence-corrected chi connectivity index (χ4v) is 9.88. The Morgan fingerprint density at radius 3 is 1.71 bits per heavy atom. The molecule has 294 valence electrons. The van der Waals surface area contributed by atoms with Crippen molar-refractivity contribution in [2.45, 2.75) is 5.41 Å². The van der Waals surface area contributed by atoms with Gasteiger partial charge in [-0.1, -0.05) is 158 Å². The van der Waals surface area contributed by atoms with E-state index in [-0.39, 0.29) is 0 Å². The minimum absolute atomic E-state index is 0.625. The molecule has 10 aromatic rings. The summed E-state index contributed by atoms with van der Waals surface area (Å²) in [6, 6.07) is 85.3. The highest BCUT2D eigenvalue weighted by Gasteiger charge is 2.47. The Bertz CT molecular complexity index is 3360. The zero-order valence-corrected chi connectivity index (χ0v) is 34.3. The van der Waals surface area contributed by atoms with E-state index in [1.54, 1.807) is 0 Å². The second-order valence-electron chi connectivity index (χ2n) is 16.0. The zero-order chi connectivity index (χ0) is 41.7. The third-order valence-electron chi connectivity index (χ3n) is 12.6. The second kappa shape index (κ2) is 14.9. The fourth-order valence-electron chi connectivity index (χ4n) is 9.88. The predicted octanol–water partition coefficient (Wildman–Crippen LogP) is 14.6. The van der Waals surface area contributed by atoms with Gasteiger partial charge in [-0.15, -0.1) is 0 Å². The van der Waals surface area contributed by atoms with Crippen LogP contribution in [-0.4, -0.2) is 11.0 Å². The van der Waals surface area contributed by atoms with Crippen molar-refractivity contribution in [3.63, 3.8) is 0 Å². The first kappa shape index (κ1) is 36.4. The maximum absolute atomic E-state index is 6.87. The van der Waals surface area contributed by atoms with Gasteiger partial charge in [0.05, 0.1) is 33.7 Å². The summed E-state index contributed by atoms with van der Waals surface area (Å²) < 4.78 is 11.3. The van der Waals surface area contributed by atoms with Gasteiger partial charge in [-0.3, -0.25) is 4.98 Å². The third kappa shape index (κ3) is 5.89. The van der Waals surface area contributed by atoms with Gasteiger partial charge in [0, 0.05) is 18.3 Å². The molecule has 0 saturated heterocycles. The largest absolute Gasteiger partial charge is 0.503 e. The summed E-state index contributed by atoms with van der Waals surface area (Å²) in [7, 11) is 0. The first-order valence-corrected chi connectivity index (χ1v) is 21.4. The number of benzene rings is 9. The normalized spacial score (nSPS) is 13.1. The Morgan fingerprint density at radius 1 is 0.429 bits per heavy atom. The van der Waals surface area contributed by atoms with E-state index in [0.29, 0.717) is 0 Å². The summed E-state index contributed by atoms with van der Waals surface area (Å²) in [4.78, 5) is 5.03. The van der Waals surface area contributed by atoms with Gasteiger partial charge in [-0.2, -0.15) is 0 Å². The van der Waals surface area contributed by atoms with Crippen LogP contribution in [0, 0.1) is 0 Å². The first-order chi connectivity index (χ1) is 31.3. The average Bonchev–Trinajstić information content (AvgIpc) is 3.90. The molecule has 0 N–H and O–H groups in total. The van der Waals surface area contributed by atoms with Crippen LogP contribution < -0.4 is 13.9 Å². The standard InChI is InChI=1S/C59H39N3O/c1-3-18-41(19-4-1)48-30-17-31-49(42-20-5-2-6-21-42)57(48)62-40-61(55-36-35-43-22-7-8-27-50(43)58(55)62)45-24-16-26-47(39-45)63-46-25-15-23-44(38-46)59(56-34-13-14-37-60-56)53-32-11-9-28-51(53)52-29-10-12-33-54(52)59/h1-39H/q+2. The summed E-state index contributed by atoms with van der Waals surface area (Å²) >= 11 is 0. The maximum Gasteiger partial charge on any atom is 0.503 e. The number of pyridine rings is 1. The molecule has 0 unspecified atom stereocenters. The van der Waals surface area contributed by atoms with Gasteiger partial charge in [0.2, 0.25) is 11.4 Å². The highest BCUT2D eigenvalue weighted by molar-refractivity contribution is 6.06. The molecule has 0 atom stereocenters. The van der Waals surface area contributed by atoms with Gasteiger partial charge in [0.25, 0.3) is 5.69 Å². The SMILES string of the molecule is C1=[N+](c2cccc(Oc3cccc(C4(c5ccccn5)c5ccccc5-c5ccccc54)c3)c2)c2ccc3ccccc3c2[N+]=1c1c(-c2ccccc2)cccc1-c1ccccc1. The number of rotatable bonds is 8. The molecule has 0 saturated carbocycles. The van der Waals surface area contributed by atoms with Crippen LogP contribution in [-0.2, 0) is 5.41 Å². The van der Waals surface area contributed by atoms with Crippen LogP contribution in [0.2, 0.25) is 0 Å². The molecule has 4 nitrogen and oxygen atoms in total. The van der Waals surface area contributed by atoms with Gasteiger partial charge < -0.3 is 4.74 Å². The third-order valence-corrected chi connectivity index (χ3v) is 12.6. The highest BCUT2D eigenvalue weighted by Crippen LogP contribution is 2.56. The van der Waals surface area contributed by atoms with Crippen LogP contribution in [0.3, 0.4) is 0 Å². The second-order valence-corrected chi connectivity index (χ2v) is 16.0. The van der Waals surface area contributed by atoms with E-state index in [1.165, 1.54) is 22.3 Å². The molecule has 0 amide bonds. The number of hydrogen-bond acceptors (Lipinski definition) is 2. The Hall–Kier alpha value is -8.43. The molecule has 4 heteroatoms. The van der Waals surface area contributed by atoms with Gasteiger partial charge >= 0.3 is 11.7 Å². The molecule has 2 heterocycles. The van der Waals surface area contributed by atoms with Crippen LogP contribution in [0.15, 0.2) is 237 Å². The minimum Gasteiger partial charge on any atom is -0.457 e. The van der Waals surface area contributed by atoms with Crippen LogP contribution in [0.25, 0.3) is 44.2 Å². The summed E-state index contributed by atoms with van der Waals surface area (Å²) in [5.74, 6) is 1.47. The van der Waals surface area contributed by atoms with Crippen molar-refractivity contribution in [2.24, 2.45) is 0 Å². The lowest BCUT2D eigenvalue weighted by Gasteiger charge is -2.32. The zero-order valence-electron chi connectivity index (χ0n) is 34.3. The van der Waals surface area contributed by atoms with E-state index in [4.69, 9.17) is 9.72 Å². The Balaban J connectivity index is 1.02. The fraction of sp³-hybridized carbons (Fsp3) is 0.0169. The van der Waals surface area contributed by atoms with Crippen molar-refractivity contribution in [2.75, 3.05) is 0 Å². The Morgan fingerprint density at radius 2 is 1.02 bits per heavy atom.